The second-order valence-corrected chi connectivity index (χ2v) is 6.25. The maximum Gasteiger partial charge on any atom is 0.290 e. The molecule has 1 amide bonds. The molecule has 0 aliphatic carbocycles. The molecule has 0 aliphatic heterocycles. The van der Waals surface area contributed by atoms with Crippen LogP contribution in [0.15, 0.2) is 53.8 Å². The van der Waals surface area contributed by atoms with E-state index < -0.39 is 0 Å². The minimum atomic E-state index is -0.243. The van der Waals surface area contributed by atoms with Crippen molar-refractivity contribution in [3.8, 4) is 0 Å². The average molecular weight is 334 g/mol. The van der Waals surface area contributed by atoms with E-state index in [0.29, 0.717) is 11.4 Å². The van der Waals surface area contributed by atoms with Crippen molar-refractivity contribution in [2.24, 2.45) is 5.10 Å². The zero-order valence-electron chi connectivity index (χ0n) is 14.8. The van der Waals surface area contributed by atoms with Gasteiger partial charge >= 0.3 is 0 Å². The fourth-order valence-electron chi connectivity index (χ4n) is 2.76. The monoisotopic (exact) mass is 334 g/mol. The number of hydrogen-bond acceptors (Lipinski definition) is 3. The molecule has 0 fully saturated rings. The van der Waals surface area contributed by atoms with Crippen molar-refractivity contribution in [3.05, 3.63) is 71.2 Å². The molecule has 0 radical (unpaired) electrons. The van der Waals surface area contributed by atoms with Crippen LogP contribution in [-0.2, 0) is 6.42 Å². The number of carbonyl (C=O) groups excluding carboxylic acids is 1. The van der Waals surface area contributed by atoms with Crippen molar-refractivity contribution in [1.29, 1.82) is 0 Å². The molecule has 5 heteroatoms. The highest BCUT2D eigenvalue weighted by molar-refractivity contribution is 5.95. The van der Waals surface area contributed by atoms with E-state index >= 15 is 0 Å². The van der Waals surface area contributed by atoms with Crippen molar-refractivity contribution in [1.82, 2.24) is 14.8 Å². The molecule has 2 aromatic heterocycles. The summed E-state index contributed by atoms with van der Waals surface area (Å²) >= 11 is 0. The number of hydrogen-bond donors (Lipinski definition) is 1. The first-order chi connectivity index (χ1) is 12.0. The number of benzene rings is 1. The lowest BCUT2D eigenvalue weighted by Gasteiger charge is -2.04. The summed E-state index contributed by atoms with van der Waals surface area (Å²) in [7, 11) is 0. The van der Waals surface area contributed by atoms with Crippen LogP contribution in [0.25, 0.3) is 5.65 Å². The van der Waals surface area contributed by atoms with Crippen LogP contribution < -0.4 is 5.43 Å². The van der Waals surface area contributed by atoms with E-state index in [-0.39, 0.29) is 5.91 Å². The SMILES string of the molecule is C/C(CCc1ccccc1)=N/NC(=O)c1c(C)nc2cc(C)ccn12. The number of imidazole rings is 1. The van der Waals surface area contributed by atoms with Crippen LogP contribution in [0.1, 0.15) is 40.7 Å². The smallest absolute Gasteiger partial charge is 0.290 e. The lowest BCUT2D eigenvalue weighted by molar-refractivity contribution is 0.0948. The van der Waals surface area contributed by atoms with Gasteiger partial charge in [-0.3, -0.25) is 9.20 Å². The molecule has 0 bridgehead atoms. The van der Waals surface area contributed by atoms with Gasteiger partial charge in [0.05, 0.1) is 5.69 Å². The molecule has 0 saturated heterocycles. The van der Waals surface area contributed by atoms with Gasteiger partial charge in [-0.2, -0.15) is 5.10 Å². The number of hydrazone groups is 1. The van der Waals surface area contributed by atoms with Crippen molar-refractivity contribution >= 4 is 17.3 Å². The molecular formula is C20H22N4O. The molecule has 0 atom stereocenters. The minimum absolute atomic E-state index is 0.243. The number of aryl methyl sites for hydroxylation is 3. The fraction of sp³-hybridized carbons (Fsp3) is 0.250. The number of amides is 1. The number of carbonyl (C=O) groups is 1. The predicted octanol–water partition coefficient (Wildman–Crippen LogP) is 3.69. The third kappa shape index (κ3) is 3.94. The van der Waals surface area contributed by atoms with E-state index in [0.717, 1.165) is 29.8 Å². The number of fused-ring (bicyclic) bond motifs is 1. The topological polar surface area (TPSA) is 58.8 Å². The van der Waals surface area contributed by atoms with Crippen LogP contribution in [0.3, 0.4) is 0 Å². The number of pyridine rings is 1. The summed E-state index contributed by atoms with van der Waals surface area (Å²) in [5, 5.41) is 4.24. The Morgan fingerprint density at radius 2 is 1.96 bits per heavy atom. The Kier molecular flexibility index (Phi) is 4.93. The van der Waals surface area contributed by atoms with Crippen LogP contribution in [0, 0.1) is 13.8 Å². The molecule has 25 heavy (non-hydrogen) atoms. The first kappa shape index (κ1) is 16.9. The van der Waals surface area contributed by atoms with Gasteiger partial charge in [-0.15, -0.1) is 0 Å². The predicted molar refractivity (Wildman–Crippen MR) is 100 cm³/mol. The van der Waals surface area contributed by atoms with Gasteiger partial charge in [-0.25, -0.2) is 10.4 Å². The summed E-state index contributed by atoms with van der Waals surface area (Å²) in [5.74, 6) is -0.243. The Labute approximate surface area is 147 Å². The van der Waals surface area contributed by atoms with Crippen LogP contribution in [0.5, 0.6) is 0 Å². The highest BCUT2D eigenvalue weighted by atomic mass is 16.2. The van der Waals surface area contributed by atoms with Gasteiger partial charge in [0.1, 0.15) is 11.3 Å². The highest BCUT2D eigenvalue weighted by Gasteiger charge is 2.16. The fourth-order valence-corrected chi connectivity index (χ4v) is 2.76. The molecular weight excluding hydrogens is 312 g/mol. The highest BCUT2D eigenvalue weighted by Crippen LogP contribution is 2.13. The Morgan fingerprint density at radius 3 is 2.72 bits per heavy atom. The van der Waals surface area contributed by atoms with Crippen LogP contribution >= 0.6 is 0 Å². The van der Waals surface area contributed by atoms with Gasteiger partial charge < -0.3 is 0 Å². The molecule has 0 spiro atoms. The third-order valence-corrected chi connectivity index (χ3v) is 4.14. The maximum absolute atomic E-state index is 12.5. The van der Waals surface area contributed by atoms with Crippen LogP contribution in [0.2, 0.25) is 0 Å². The molecule has 0 unspecified atom stereocenters. The number of nitrogens with zero attached hydrogens (tertiary/aromatic N) is 3. The standard InChI is InChI=1S/C20H22N4O/c1-14-11-12-24-18(13-14)21-16(3)19(24)20(25)23-22-15(2)9-10-17-7-5-4-6-8-17/h4-8,11-13H,9-10H2,1-3H3,(H,23,25)/b22-15-. The molecule has 128 valence electrons. The zero-order valence-corrected chi connectivity index (χ0v) is 14.8. The molecule has 1 aromatic carbocycles. The zero-order chi connectivity index (χ0) is 17.8. The van der Waals surface area contributed by atoms with Crippen molar-refractivity contribution in [2.45, 2.75) is 33.6 Å². The molecule has 2 heterocycles. The second kappa shape index (κ2) is 7.30. The molecule has 5 nitrogen and oxygen atoms in total. The summed E-state index contributed by atoms with van der Waals surface area (Å²) in [4.78, 5) is 17.0. The Bertz CT molecular complexity index is 926. The summed E-state index contributed by atoms with van der Waals surface area (Å²) in [5.41, 5.74) is 7.90. The van der Waals surface area contributed by atoms with Crippen molar-refractivity contribution in [2.75, 3.05) is 0 Å². The van der Waals surface area contributed by atoms with Gasteiger partial charge in [0.15, 0.2) is 0 Å². The van der Waals surface area contributed by atoms with E-state index in [2.05, 4.69) is 27.6 Å². The summed E-state index contributed by atoms with van der Waals surface area (Å²) in [6, 6.07) is 14.2. The van der Waals surface area contributed by atoms with Crippen molar-refractivity contribution < 1.29 is 4.79 Å². The quantitative estimate of drug-likeness (QED) is 0.571. The lowest BCUT2D eigenvalue weighted by Crippen LogP contribution is -2.21. The third-order valence-electron chi connectivity index (χ3n) is 4.14. The molecule has 1 N–H and O–H groups in total. The number of rotatable bonds is 5. The number of nitrogens with one attached hydrogen (secondary N) is 1. The van der Waals surface area contributed by atoms with Crippen LogP contribution in [0.4, 0.5) is 0 Å². The Balaban J connectivity index is 1.69. The average Bonchev–Trinajstić information content (AvgIpc) is 2.93. The summed E-state index contributed by atoms with van der Waals surface area (Å²) in [6.07, 6.45) is 3.57. The van der Waals surface area contributed by atoms with Gasteiger partial charge in [-0.1, -0.05) is 30.3 Å². The van der Waals surface area contributed by atoms with E-state index in [1.54, 1.807) is 4.40 Å². The first-order valence-corrected chi connectivity index (χ1v) is 8.37. The van der Waals surface area contributed by atoms with Gasteiger partial charge in [0.25, 0.3) is 5.91 Å². The largest absolute Gasteiger partial charge is 0.295 e. The Hall–Kier alpha value is -2.95. The number of aromatic nitrogens is 2. The van der Waals surface area contributed by atoms with Crippen LogP contribution in [-0.4, -0.2) is 21.0 Å². The molecule has 0 saturated carbocycles. The lowest BCUT2D eigenvalue weighted by atomic mass is 10.1. The van der Waals surface area contributed by atoms with E-state index in [1.165, 1.54) is 5.56 Å². The summed E-state index contributed by atoms with van der Waals surface area (Å²) in [6.45, 7) is 5.77. The normalized spacial score (nSPS) is 11.7. The summed E-state index contributed by atoms with van der Waals surface area (Å²) < 4.78 is 1.80. The van der Waals surface area contributed by atoms with E-state index in [9.17, 15) is 4.79 Å². The second-order valence-electron chi connectivity index (χ2n) is 6.25. The molecule has 0 aliphatic rings. The van der Waals surface area contributed by atoms with E-state index in [4.69, 9.17) is 0 Å². The van der Waals surface area contributed by atoms with Gasteiger partial charge in [-0.05, 0) is 56.9 Å². The first-order valence-electron chi connectivity index (χ1n) is 8.37. The minimum Gasteiger partial charge on any atom is -0.295 e. The molecule has 3 rings (SSSR count). The van der Waals surface area contributed by atoms with Crippen molar-refractivity contribution in [3.63, 3.8) is 0 Å². The Morgan fingerprint density at radius 1 is 1.20 bits per heavy atom. The van der Waals surface area contributed by atoms with Gasteiger partial charge in [0.2, 0.25) is 0 Å². The van der Waals surface area contributed by atoms with Gasteiger partial charge in [0, 0.05) is 11.9 Å². The maximum atomic E-state index is 12.5. The molecule has 3 aromatic rings. The van der Waals surface area contributed by atoms with E-state index in [1.807, 2.05) is 57.3 Å².